The molecule has 1 atom stereocenters. The topological polar surface area (TPSA) is 29.5 Å². The van der Waals surface area contributed by atoms with Crippen LogP contribution in [0.15, 0.2) is 18.2 Å². The number of esters is 1. The van der Waals surface area contributed by atoms with E-state index in [9.17, 15) is 4.79 Å². The van der Waals surface area contributed by atoms with Crippen LogP contribution in [0.3, 0.4) is 0 Å². The Morgan fingerprint density at radius 1 is 1.37 bits per heavy atom. The van der Waals surface area contributed by atoms with Gasteiger partial charge in [-0.2, -0.15) is 0 Å². The third-order valence-corrected chi connectivity index (χ3v) is 3.88. The molecule has 19 heavy (non-hydrogen) atoms. The second-order valence-corrected chi connectivity index (χ2v) is 5.30. The molecule has 0 bridgehead atoms. The minimum atomic E-state index is -0.0659. The maximum absolute atomic E-state index is 11.9. The second-order valence-electron chi connectivity index (χ2n) is 5.30. The highest BCUT2D eigenvalue weighted by atomic mass is 16.5. The third-order valence-electron chi connectivity index (χ3n) is 3.88. The molecule has 1 aliphatic heterocycles. The van der Waals surface area contributed by atoms with E-state index in [1.165, 1.54) is 16.7 Å². The van der Waals surface area contributed by atoms with Gasteiger partial charge in [0.05, 0.1) is 6.61 Å². The molecule has 1 aromatic rings. The number of ether oxygens (including phenoxy) is 1. The third kappa shape index (κ3) is 3.35. The van der Waals surface area contributed by atoms with Gasteiger partial charge in [-0.1, -0.05) is 18.2 Å². The van der Waals surface area contributed by atoms with Crippen molar-refractivity contribution in [3.63, 3.8) is 0 Å². The Morgan fingerprint density at radius 2 is 2.16 bits per heavy atom. The van der Waals surface area contributed by atoms with Crippen LogP contribution in [0, 0.1) is 13.8 Å². The summed E-state index contributed by atoms with van der Waals surface area (Å²) < 4.78 is 5.16. The van der Waals surface area contributed by atoms with Crippen molar-refractivity contribution in [3.05, 3.63) is 34.9 Å². The molecule has 0 amide bonds. The molecule has 0 spiro atoms. The molecule has 2 rings (SSSR count). The molecule has 0 saturated carbocycles. The Morgan fingerprint density at radius 3 is 2.84 bits per heavy atom. The quantitative estimate of drug-likeness (QED) is 0.781. The van der Waals surface area contributed by atoms with Gasteiger partial charge < -0.3 is 4.74 Å². The number of aryl methyl sites for hydroxylation is 2. The zero-order valence-corrected chi connectivity index (χ0v) is 12.1. The molecule has 0 aromatic heterocycles. The van der Waals surface area contributed by atoms with E-state index in [2.05, 4.69) is 36.9 Å². The number of benzene rings is 1. The fourth-order valence-corrected chi connectivity index (χ4v) is 2.66. The zero-order chi connectivity index (χ0) is 13.8. The van der Waals surface area contributed by atoms with Crippen LogP contribution in [0.25, 0.3) is 0 Å². The van der Waals surface area contributed by atoms with Crippen molar-refractivity contribution in [3.8, 4) is 0 Å². The van der Waals surface area contributed by atoms with E-state index >= 15 is 0 Å². The van der Waals surface area contributed by atoms with E-state index < -0.39 is 0 Å². The van der Waals surface area contributed by atoms with Crippen molar-refractivity contribution in [2.24, 2.45) is 0 Å². The van der Waals surface area contributed by atoms with Crippen molar-refractivity contribution in [2.75, 3.05) is 13.2 Å². The van der Waals surface area contributed by atoms with E-state index in [0.717, 1.165) is 25.9 Å². The fraction of sp³-hybridized carbons (Fsp3) is 0.562. The number of carbonyl (C=O) groups is 1. The van der Waals surface area contributed by atoms with E-state index in [1.807, 2.05) is 6.92 Å². The van der Waals surface area contributed by atoms with Crippen molar-refractivity contribution in [1.82, 2.24) is 4.90 Å². The lowest BCUT2D eigenvalue weighted by Gasteiger charge is -2.23. The lowest BCUT2D eigenvalue weighted by atomic mass is 10.1. The highest BCUT2D eigenvalue weighted by Crippen LogP contribution is 2.22. The molecular formula is C16H23NO2. The Balaban J connectivity index is 2.04. The summed E-state index contributed by atoms with van der Waals surface area (Å²) in [5.74, 6) is -0.0659. The van der Waals surface area contributed by atoms with Gasteiger partial charge in [-0.15, -0.1) is 0 Å². The van der Waals surface area contributed by atoms with Crippen molar-refractivity contribution in [2.45, 2.75) is 46.2 Å². The van der Waals surface area contributed by atoms with Crippen molar-refractivity contribution >= 4 is 5.97 Å². The van der Waals surface area contributed by atoms with Crippen LogP contribution in [-0.4, -0.2) is 30.1 Å². The van der Waals surface area contributed by atoms with Gasteiger partial charge in [0, 0.05) is 6.54 Å². The molecule has 0 N–H and O–H groups in total. The van der Waals surface area contributed by atoms with Gasteiger partial charge in [0.25, 0.3) is 0 Å². The molecule has 1 fully saturated rings. The van der Waals surface area contributed by atoms with Crippen molar-refractivity contribution in [1.29, 1.82) is 0 Å². The lowest BCUT2D eigenvalue weighted by molar-refractivity contribution is -0.148. The minimum absolute atomic E-state index is 0.0541. The minimum Gasteiger partial charge on any atom is -0.465 e. The largest absolute Gasteiger partial charge is 0.465 e. The number of hydrogen-bond donors (Lipinski definition) is 0. The number of carbonyl (C=O) groups excluding carboxylic acids is 1. The first kappa shape index (κ1) is 14.1. The first-order chi connectivity index (χ1) is 9.11. The molecule has 3 heteroatoms. The summed E-state index contributed by atoms with van der Waals surface area (Å²) in [7, 11) is 0. The maximum atomic E-state index is 11.9. The summed E-state index contributed by atoms with van der Waals surface area (Å²) in [6.45, 7) is 8.40. The van der Waals surface area contributed by atoms with Crippen LogP contribution in [0.2, 0.25) is 0 Å². The number of nitrogens with zero attached hydrogens (tertiary/aromatic N) is 1. The van der Waals surface area contributed by atoms with Gasteiger partial charge in [0.1, 0.15) is 6.04 Å². The van der Waals surface area contributed by atoms with Crippen LogP contribution in [0.4, 0.5) is 0 Å². The van der Waals surface area contributed by atoms with Gasteiger partial charge in [-0.05, 0) is 56.8 Å². The van der Waals surface area contributed by atoms with Gasteiger partial charge >= 0.3 is 5.97 Å². The molecule has 1 saturated heterocycles. The fourth-order valence-electron chi connectivity index (χ4n) is 2.66. The van der Waals surface area contributed by atoms with Gasteiger partial charge in [-0.25, -0.2) is 0 Å². The van der Waals surface area contributed by atoms with Crippen LogP contribution >= 0.6 is 0 Å². The van der Waals surface area contributed by atoms with E-state index in [0.29, 0.717) is 6.61 Å². The summed E-state index contributed by atoms with van der Waals surface area (Å²) in [4.78, 5) is 14.1. The second kappa shape index (κ2) is 6.20. The smallest absolute Gasteiger partial charge is 0.323 e. The Kier molecular flexibility index (Phi) is 4.59. The summed E-state index contributed by atoms with van der Waals surface area (Å²) in [6, 6.07) is 6.47. The van der Waals surface area contributed by atoms with Gasteiger partial charge in [0.15, 0.2) is 0 Å². The monoisotopic (exact) mass is 261 g/mol. The molecule has 1 heterocycles. The molecule has 0 radical (unpaired) electrons. The normalized spacial score (nSPS) is 19.6. The van der Waals surface area contributed by atoms with Gasteiger partial charge in [-0.3, -0.25) is 9.69 Å². The van der Waals surface area contributed by atoms with E-state index in [-0.39, 0.29) is 12.0 Å². The lowest BCUT2D eigenvalue weighted by Crippen LogP contribution is -2.36. The summed E-state index contributed by atoms with van der Waals surface area (Å²) in [5.41, 5.74) is 3.90. The maximum Gasteiger partial charge on any atom is 0.323 e. The Bertz CT molecular complexity index is 456. The molecule has 104 valence electrons. The summed E-state index contributed by atoms with van der Waals surface area (Å²) >= 11 is 0. The first-order valence-electron chi connectivity index (χ1n) is 7.08. The summed E-state index contributed by atoms with van der Waals surface area (Å²) in [5, 5.41) is 0. The highest BCUT2D eigenvalue weighted by Gasteiger charge is 2.31. The van der Waals surface area contributed by atoms with E-state index in [1.54, 1.807) is 0 Å². The number of rotatable bonds is 4. The van der Waals surface area contributed by atoms with Crippen molar-refractivity contribution < 1.29 is 9.53 Å². The molecule has 1 aromatic carbocycles. The number of likely N-dealkylation sites (tertiary alicyclic amines) is 1. The Labute approximate surface area is 115 Å². The standard InChI is InChI=1S/C16H23NO2/c1-4-19-16(18)15-6-5-9-17(15)11-14-8-7-12(2)13(3)10-14/h7-8,10,15H,4-6,9,11H2,1-3H3. The average molecular weight is 261 g/mol. The van der Waals surface area contributed by atoms with Crippen LogP contribution in [0.1, 0.15) is 36.5 Å². The predicted octanol–water partition coefficient (Wildman–Crippen LogP) is 2.83. The highest BCUT2D eigenvalue weighted by molar-refractivity contribution is 5.76. The van der Waals surface area contributed by atoms with E-state index in [4.69, 9.17) is 4.74 Å². The van der Waals surface area contributed by atoms with Crippen LogP contribution < -0.4 is 0 Å². The SMILES string of the molecule is CCOC(=O)C1CCCN1Cc1ccc(C)c(C)c1. The van der Waals surface area contributed by atoms with Crippen LogP contribution in [-0.2, 0) is 16.1 Å². The number of hydrogen-bond acceptors (Lipinski definition) is 3. The molecule has 1 aliphatic rings. The molecule has 3 nitrogen and oxygen atoms in total. The summed E-state index contributed by atoms with van der Waals surface area (Å²) in [6.07, 6.45) is 2.00. The van der Waals surface area contributed by atoms with Gasteiger partial charge in [0.2, 0.25) is 0 Å². The molecular weight excluding hydrogens is 238 g/mol. The first-order valence-corrected chi connectivity index (χ1v) is 7.08. The zero-order valence-electron chi connectivity index (χ0n) is 12.1. The van der Waals surface area contributed by atoms with Crippen LogP contribution in [0.5, 0.6) is 0 Å². The molecule has 0 aliphatic carbocycles. The average Bonchev–Trinajstić information content (AvgIpc) is 2.82. The predicted molar refractivity (Wildman–Crippen MR) is 76.0 cm³/mol. The molecule has 1 unspecified atom stereocenters. The Hall–Kier alpha value is -1.35.